The first-order valence-corrected chi connectivity index (χ1v) is 7.20. The Morgan fingerprint density at radius 2 is 1.57 bits per heavy atom. The van der Waals surface area contributed by atoms with Crippen molar-refractivity contribution >= 4 is 22.4 Å². The summed E-state index contributed by atoms with van der Waals surface area (Å²) in [6.07, 6.45) is 0.687. The van der Waals surface area contributed by atoms with Crippen LogP contribution in [0.25, 0.3) is 10.8 Å². The van der Waals surface area contributed by atoms with Crippen molar-refractivity contribution < 1.29 is 4.39 Å². The van der Waals surface area contributed by atoms with E-state index in [9.17, 15) is 4.39 Å². The number of hydrogen-bond acceptors (Lipinski definition) is 1. The van der Waals surface area contributed by atoms with Gasteiger partial charge in [0.15, 0.2) is 0 Å². The van der Waals surface area contributed by atoms with Crippen molar-refractivity contribution in [1.29, 1.82) is 0 Å². The molecule has 0 aliphatic rings. The Balaban J connectivity index is 1.96. The number of rotatable bonds is 3. The zero-order valence-corrected chi connectivity index (χ0v) is 12.1. The maximum absolute atomic E-state index is 13.8. The molecule has 106 valence electrons. The SMILES string of the molecule is NC(Cc1ccc(Cl)cc1)c1ccc(F)c2ccccc12. The summed E-state index contributed by atoms with van der Waals surface area (Å²) in [5.41, 5.74) is 8.40. The van der Waals surface area contributed by atoms with Crippen molar-refractivity contribution in [3.8, 4) is 0 Å². The Hall–Kier alpha value is -1.90. The molecule has 3 heteroatoms. The third kappa shape index (κ3) is 2.92. The molecule has 0 heterocycles. The third-order valence-corrected chi connectivity index (χ3v) is 3.92. The summed E-state index contributed by atoms with van der Waals surface area (Å²) >= 11 is 5.89. The quantitative estimate of drug-likeness (QED) is 0.733. The van der Waals surface area contributed by atoms with E-state index in [1.54, 1.807) is 12.1 Å². The van der Waals surface area contributed by atoms with Crippen molar-refractivity contribution in [1.82, 2.24) is 0 Å². The smallest absolute Gasteiger partial charge is 0.131 e. The van der Waals surface area contributed by atoms with Crippen LogP contribution in [0, 0.1) is 5.82 Å². The summed E-state index contributed by atoms with van der Waals surface area (Å²) in [6.45, 7) is 0. The maximum atomic E-state index is 13.8. The van der Waals surface area contributed by atoms with Gasteiger partial charge >= 0.3 is 0 Å². The van der Waals surface area contributed by atoms with Crippen LogP contribution in [0.1, 0.15) is 17.2 Å². The molecule has 3 aromatic carbocycles. The Morgan fingerprint density at radius 1 is 0.905 bits per heavy atom. The van der Waals surface area contributed by atoms with Crippen molar-refractivity contribution in [2.75, 3.05) is 0 Å². The summed E-state index contributed by atoms with van der Waals surface area (Å²) < 4.78 is 13.8. The summed E-state index contributed by atoms with van der Waals surface area (Å²) in [6, 6.07) is 18.1. The first-order chi connectivity index (χ1) is 10.1. The second-order valence-corrected chi connectivity index (χ2v) is 5.56. The maximum Gasteiger partial charge on any atom is 0.131 e. The number of nitrogens with two attached hydrogens (primary N) is 1. The van der Waals surface area contributed by atoms with Gasteiger partial charge in [-0.2, -0.15) is 0 Å². The lowest BCUT2D eigenvalue weighted by Crippen LogP contribution is -2.14. The molecule has 0 radical (unpaired) electrons. The molecule has 2 N–H and O–H groups in total. The Labute approximate surface area is 128 Å². The lowest BCUT2D eigenvalue weighted by atomic mass is 9.94. The Bertz CT molecular complexity index is 768. The minimum atomic E-state index is -0.215. The molecule has 1 unspecified atom stereocenters. The van der Waals surface area contributed by atoms with Crippen LogP contribution < -0.4 is 5.73 Å². The van der Waals surface area contributed by atoms with Gasteiger partial charge in [0.1, 0.15) is 5.82 Å². The first kappa shape index (κ1) is 14.1. The second-order valence-electron chi connectivity index (χ2n) is 5.12. The molecule has 3 rings (SSSR count). The number of hydrogen-bond donors (Lipinski definition) is 1. The molecular weight excluding hydrogens is 285 g/mol. The standard InChI is InChI=1S/C18H15ClFN/c19-13-7-5-12(6-8-13)11-18(21)16-9-10-17(20)15-4-2-1-3-14(15)16/h1-10,18H,11,21H2. The molecule has 21 heavy (non-hydrogen) atoms. The van der Waals surface area contributed by atoms with E-state index < -0.39 is 0 Å². The van der Waals surface area contributed by atoms with Gasteiger partial charge < -0.3 is 5.73 Å². The Morgan fingerprint density at radius 3 is 2.29 bits per heavy atom. The molecule has 0 spiro atoms. The van der Waals surface area contributed by atoms with E-state index in [2.05, 4.69) is 0 Å². The summed E-state index contributed by atoms with van der Waals surface area (Å²) in [5.74, 6) is -0.215. The zero-order valence-electron chi connectivity index (χ0n) is 11.4. The van der Waals surface area contributed by atoms with Crippen molar-refractivity contribution in [3.05, 3.63) is 82.6 Å². The predicted molar refractivity (Wildman–Crippen MR) is 86.0 cm³/mol. The van der Waals surface area contributed by atoms with Gasteiger partial charge in [-0.05, 0) is 41.1 Å². The van der Waals surface area contributed by atoms with Crippen LogP contribution in [-0.2, 0) is 6.42 Å². The van der Waals surface area contributed by atoms with E-state index in [0.717, 1.165) is 16.5 Å². The molecular formula is C18H15ClFN. The van der Waals surface area contributed by atoms with E-state index in [-0.39, 0.29) is 11.9 Å². The zero-order chi connectivity index (χ0) is 14.8. The van der Waals surface area contributed by atoms with Crippen LogP contribution in [0.3, 0.4) is 0 Å². The monoisotopic (exact) mass is 299 g/mol. The van der Waals surface area contributed by atoms with Crippen LogP contribution >= 0.6 is 11.6 Å². The normalized spacial score (nSPS) is 12.5. The fourth-order valence-electron chi connectivity index (χ4n) is 2.59. The van der Waals surface area contributed by atoms with E-state index in [4.69, 9.17) is 17.3 Å². The van der Waals surface area contributed by atoms with Gasteiger partial charge in [-0.15, -0.1) is 0 Å². The minimum Gasteiger partial charge on any atom is -0.324 e. The molecule has 3 aromatic rings. The average Bonchev–Trinajstić information content (AvgIpc) is 2.50. The van der Waals surface area contributed by atoms with Gasteiger partial charge in [0.2, 0.25) is 0 Å². The van der Waals surface area contributed by atoms with Crippen molar-refractivity contribution in [2.24, 2.45) is 5.73 Å². The number of benzene rings is 3. The van der Waals surface area contributed by atoms with E-state index in [1.807, 2.05) is 42.5 Å². The van der Waals surface area contributed by atoms with E-state index in [1.165, 1.54) is 6.07 Å². The highest BCUT2D eigenvalue weighted by Crippen LogP contribution is 2.27. The molecule has 1 nitrogen and oxygen atoms in total. The van der Waals surface area contributed by atoms with Crippen molar-refractivity contribution in [2.45, 2.75) is 12.5 Å². The predicted octanol–water partition coefficient (Wildman–Crippen LogP) is 4.87. The summed E-state index contributed by atoms with van der Waals surface area (Å²) in [7, 11) is 0. The highest BCUT2D eigenvalue weighted by molar-refractivity contribution is 6.30. The molecule has 0 saturated carbocycles. The van der Waals surface area contributed by atoms with Gasteiger partial charge in [0, 0.05) is 16.5 Å². The number of halogens is 2. The third-order valence-electron chi connectivity index (χ3n) is 3.67. The average molecular weight is 300 g/mol. The summed E-state index contributed by atoms with van der Waals surface area (Å²) in [5, 5.41) is 2.19. The molecule has 0 saturated heterocycles. The fourth-order valence-corrected chi connectivity index (χ4v) is 2.72. The van der Waals surface area contributed by atoms with Gasteiger partial charge in [-0.25, -0.2) is 4.39 Å². The first-order valence-electron chi connectivity index (χ1n) is 6.82. The van der Waals surface area contributed by atoms with Gasteiger partial charge in [0.25, 0.3) is 0 Å². The topological polar surface area (TPSA) is 26.0 Å². The highest BCUT2D eigenvalue weighted by atomic mass is 35.5. The second kappa shape index (κ2) is 5.84. The van der Waals surface area contributed by atoms with Crippen LogP contribution in [0.15, 0.2) is 60.7 Å². The molecule has 1 atom stereocenters. The lowest BCUT2D eigenvalue weighted by Gasteiger charge is -2.15. The fraction of sp³-hybridized carbons (Fsp3) is 0.111. The minimum absolute atomic E-state index is 0.184. The van der Waals surface area contributed by atoms with Crippen LogP contribution in [0.5, 0.6) is 0 Å². The molecule has 0 bridgehead atoms. The van der Waals surface area contributed by atoms with Crippen molar-refractivity contribution in [3.63, 3.8) is 0 Å². The van der Waals surface area contributed by atoms with E-state index in [0.29, 0.717) is 16.8 Å². The van der Waals surface area contributed by atoms with Crippen LogP contribution in [0.4, 0.5) is 4.39 Å². The van der Waals surface area contributed by atoms with E-state index >= 15 is 0 Å². The molecule has 0 amide bonds. The molecule has 0 aliphatic heterocycles. The van der Waals surface area contributed by atoms with Crippen LogP contribution in [0.2, 0.25) is 5.02 Å². The Kier molecular flexibility index (Phi) is 3.91. The highest BCUT2D eigenvalue weighted by Gasteiger charge is 2.12. The molecule has 0 fully saturated rings. The molecule has 0 aliphatic carbocycles. The largest absolute Gasteiger partial charge is 0.324 e. The van der Waals surface area contributed by atoms with Gasteiger partial charge in [0.05, 0.1) is 0 Å². The summed E-state index contributed by atoms with van der Waals surface area (Å²) in [4.78, 5) is 0. The lowest BCUT2D eigenvalue weighted by molar-refractivity contribution is 0.637. The van der Waals surface area contributed by atoms with Gasteiger partial charge in [-0.1, -0.05) is 54.1 Å². The van der Waals surface area contributed by atoms with Gasteiger partial charge in [-0.3, -0.25) is 0 Å². The van der Waals surface area contributed by atoms with Crippen LogP contribution in [-0.4, -0.2) is 0 Å². The molecule has 0 aromatic heterocycles. The number of fused-ring (bicyclic) bond motifs is 1.